The van der Waals surface area contributed by atoms with Gasteiger partial charge in [0.25, 0.3) is 0 Å². The van der Waals surface area contributed by atoms with E-state index in [0.29, 0.717) is 0 Å². The van der Waals surface area contributed by atoms with Crippen LogP contribution in [0.15, 0.2) is 84.9 Å². The maximum atomic E-state index is 13.6. The zero-order chi connectivity index (χ0) is 30.6. The second-order valence-corrected chi connectivity index (χ2v) is 10.9. The molecule has 0 amide bonds. The van der Waals surface area contributed by atoms with Gasteiger partial charge in [-0.1, -0.05) is 48.5 Å². The van der Waals surface area contributed by atoms with E-state index in [1.165, 1.54) is 24.3 Å². The molecule has 2 N–H and O–H groups in total. The molecule has 1 aliphatic carbocycles. The lowest BCUT2D eigenvalue weighted by molar-refractivity contribution is -0.141. The number of aliphatic hydroxyl groups excluding tert-OH is 1. The SMILES string of the molecule is CN(CC(=O)c1cc(C(F)(F)F)nn1-c1cccc(C#N)c1)c1cccc(C(NC2CCC(O)CC2)c2ccccc2)c1. The lowest BCUT2D eigenvalue weighted by atomic mass is 9.90. The number of benzene rings is 3. The molecule has 3 aromatic carbocycles. The van der Waals surface area contributed by atoms with Gasteiger partial charge in [-0.05, 0) is 67.1 Å². The Balaban J connectivity index is 1.41. The number of nitrogens with one attached hydrogen (secondary N) is 1. The van der Waals surface area contributed by atoms with Crippen molar-refractivity contribution in [2.45, 2.75) is 50.0 Å². The molecule has 1 heterocycles. The Morgan fingerprint density at radius 2 is 1.72 bits per heavy atom. The lowest BCUT2D eigenvalue weighted by Crippen LogP contribution is -2.37. The summed E-state index contributed by atoms with van der Waals surface area (Å²) in [6.45, 7) is -0.200. The Kier molecular flexibility index (Phi) is 8.94. The number of alkyl halides is 3. The Labute approximate surface area is 248 Å². The average molecular weight is 588 g/mol. The zero-order valence-electron chi connectivity index (χ0n) is 23.6. The molecule has 1 unspecified atom stereocenters. The van der Waals surface area contributed by atoms with Crippen LogP contribution in [0.1, 0.15) is 64.6 Å². The molecule has 0 bridgehead atoms. The highest BCUT2D eigenvalue weighted by Crippen LogP contribution is 2.31. The van der Waals surface area contributed by atoms with E-state index in [1.54, 1.807) is 11.9 Å². The summed E-state index contributed by atoms with van der Waals surface area (Å²) in [5.41, 5.74) is 1.79. The number of likely N-dealkylation sites (N-methyl/N-ethyl adjacent to an activating group) is 1. The van der Waals surface area contributed by atoms with Crippen molar-refractivity contribution in [2.75, 3.05) is 18.5 Å². The normalized spacial score (nSPS) is 17.7. The molecule has 1 saturated carbocycles. The molecule has 7 nitrogen and oxygen atoms in total. The van der Waals surface area contributed by atoms with Crippen molar-refractivity contribution in [1.82, 2.24) is 15.1 Å². The molecule has 43 heavy (non-hydrogen) atoms. The van der Waals surface area contributed by atoms with E-state index in [0.717, 1.165) is 53.2 Å². The van der Waals surface area contributed by atoms with Crippen molar-refractivity contribution in [1.29, 1.82) is 5.26 Å². The molecular weight excluding hydrogens is 555 g/mol. The fraction of sp³-hybridized carbons (Fsp3) is 0.303. The number of hydrogen-bond acceptors (Lipinski definition) is 6. The van der Waals surface area contributed by atoms with Crippen molar-refractivity contribution >= 4 is 11.5 Å². The zero-order valence-corrected chi connectivity index (χ0v) is 23.6. The van der Waals surface area contributed by atoms with Gasteiger partial charge in [0.05, 0.1) is 36.0 Å². The van der Waals surface area contributed by atoms with E-state index >= 15 is 0 Å². The summed E-state index contributed by atoms with van der Waals surface area (Å²) in [5, 5.41) is 26.6. The van der Waals surface area contributed by atoms with Gasteiger partial charge in [0.15, 0.2) is 5.69 Å². The monoisotopic (exact) mass is 587 g/mol. The van der Waals surface area contributed by atoms with Gasteiger partial charge in [-0.25, -0.2) is 4.68 Å². The highest BCUT2D eigenvalue weighted by molar-refractivity contribution is 5.98. The molecule has 0 saturated heterocycles. The molecule has 1 atom stereocenters. The van der Waals surface area contributed by atoms with Crippen LogP contribution in [0.25, 0.3) is 5.69 Å². The van der Waals surface area contributed by atoms with Gasteiger partial charge < -0.3 is 15.3 Å². The van der Waals surface area contributed by atoms with Crippen LogP contribution in [-0.2, 0) is 6.18 Å². The number of halogens is 3. The van der Waals surface area contributed by atoms with Gasteiger partial charge in [0, 0.05) is 24.8 Å². The standard InChI is InChI=1S/C33H32F3N5O2/c1-40(21-30(43)29-19-31(33(34,35)36)39-41(29)27-12-5-7-22(17-27)20-37)26-11-6-10-24(18-26)32(23-8-3-2-4-9-23)38-25-13-15-28(42)16-14-25/h2-12,17-19,25,28,32,38,42H,13-16,21H2,1H3. The predicted octanol–water partition coefficient (Wildman–Crippen LogP) is 6.06. The first kappa shape index (κ1) is 30.0. The van der Waals surface area contributed by atoms with Crippen LogP contribution in [0.4, 0.5) is 18.9 Å². The number of hydrogen-bond donors (Lipinski definition) is 2. The van der Waals surface area contributed by atoms with Crippen LogP contribution in [0, 0.1) is 11.3 Å². The molecule has 4 aromatic rings. The largest absolute Gasteiger partial charge is 0.435 e. The highest BCUT2D eigenvalue weighted by atomic mass is 19.4. The first-order valence-electron chi connectivity index (χ1n) is 14.1. The van der Waals surface area contributed by atoms with E-state index in [9.17, 15) is 28.3 Å². The summed E-state index contributed by atoms with van der Waals surface area (Å²) in [6, 6.07) is 26.5. The van der Waals surface area contributed by atoms with Crippen LogP contribution >= 0.6 is 0 Å². The maximum Gasteiger partial charge on any atom is 0.435 e. The van der Waals surface area contributed by atoms with Crippen LogP contribution in [0.2, 0.25) is 0 Å². The van der Waals surface area contributed by atoms with E-state index in [-0.39, 0.29) is 41.7 Å². The van der Waals surface area contributed by atoms with E-state index in [4.69, 9.17) is 0 Å². The van der Waals surface area contributed by atoms with Crippen molar-refractivity contribution in [2.24, 2.45) is 0 Å². The van der Waals surface area contributed by atoms with Crippen molar-refractivity contribution in [3.05, 3.63) is 113 Å². The number of nitriles is 1. The Morgan fingerprint density at radius 3 is 2.42 bits per heavy atom. The number of carbonyl (C=O) groups is 1. The van der Waals surface area contributed by atoms with Crippen LogP contribution in [-0.4, -0.2) is 46.4 Å². The molecule has 1 aliphatic rings. The molecule has 222 valence electrons. The number of Topliss-reactive ketones (excluding diaryl/α,β-unsaturated/α-hetero) is 1. The van der Waals surface area contributed by atoms with E-state index in [1.807, 2.05) is 48.5 Å². The van der Waals surface area contributed by atoms with Gasteiger partial charge in [-0.2, -0.15) is 23.5 Å². The smallest absolute Gasteiger partial charge is 0.393 e. The van der Waals surface area contributed by atoms with Crippen LogP contribution in [0.3, 0.4) is 0 Å². The Bertz CT molecular complexity index is 1600. The topological polar surface area (TPSA) is 94.2 Å². The van der Waals surface area contributed by atoms with Crippen LogP contribution < -0.4 is 10.2 Å². The summed E-state index contributed by atoms with van der Waals surface area (Å²) < 4.78 is 41.8. The highest BCUT2D eigenvalue weighted by Gasteiger charge is 2.36. The third kappa shape index (κ3) is 7.13. The minimum absolute atomic E-state index is 0.131. The molecule has 1 fully saturated rings. The van der Waals surface area contributed by atoms with E-state index < -0.39 is 17.7 Å². The minimum atomic E-state index is -4.75. The number of rotatable bonds is 9. The van der Waals surface area contributed by atoms with Gasteiger partial charge in [0.1, 0.15) is 5.69 Å². The molecule has 0 aliphatic heterocycles. The second kappa shape index (κ2) is 12.8. The number of carbonyl (C=O) groups excluding carboxylic acids is 1. The van der Waals surface area contributed by atoms with Gasteiger partial charge >= 0.3 is 6.18 Å². The molecule has 0 radical (unpaired) electrons. The number of aliphatic hydroxyl groups is 1. The van der Waals surface area contributed by atoms with Crippen molar-refractivity contribution in [3.8, 4) is 11.8 Å². The molecule has 0 spiro atoms. The Morgan fingerprint density at radius 1 is 1.02 bits per heavy atom. The van der Waals surface area contributed by atoms with Gasteiger partial charge in [0.2, 0.25) is 5.78 Å². The summed E-state index contributed by atoms with van der Waals surface area (Å²) in [7, 11) is 1.71. The maximum absolute atomic E-state index is 13.6. The Hall–Kier alpha value is -4.46. The molecule has 5 rings (SSSR count). The third-order valence-corrected chi connectivity index (χ3v) is 7.76. The fourth-order valence-corrected chi connectivity index (χ4v) is 5.46. The lowest BCUT2D eigenvalue weighted by Gasteiger charge is -2.31. The first-order valence-corrected chi connectivity index (χ1v) is 14.1. The van der Waals surface area contributed by atoms with Gasteiger partial charge in [-0.3, -0.25) is 4.79 Å². The summed E-state index contributed by atoms with van der Waals surface area (Å²) >= 11 is 0. The van der Waals surface area contributed by atoms with E-state index in [2.05, 4.69) is 22.5 Å². The number of aromatic nitrogens is 2. The summed E-state index contributed by atoms with van der Waals surface area (Å²) in [6.07, 6.45) is -1.79. The fourth-order valence-electron chi connectivity index (χ4n) is 5.46. The van der Waals surface area contributed by atoms with Crippen LogP contribution in [0.5, 0.6) is 0 Å². The molecule has 1 aromatic heterocycles. The molecule has 10 heteroatoms. The molecular formula is C33H32F3N5O2. The average Bonchev–Trinajstić information content (AvgIpc) is 3.48. The first-order chi connectivity index (χ1) is 20.6. The number of ketones is 1. The number of nitrogens with zero attached hydrogens (tertiary/aromatic N) is 4. The number of anilines is 1. The quantitative estimate of drug-likeness (QED) is 0.231. The third-order valence-electron chi connectivity index (χ3n) is 7.76. The minimum Gasteiger partial charge on any atom is -0.393 e. The summed E-state index contributed by atoms with van der Waals surface area (Å²) in [5.74, 6) is -0.559. The van der Waals surface area contributed by atoms with Crippen molar-refractivity contribution < 1.29 is 23.1 Å². The van der Waals surface area contributed by atoms with Gasteiger partial charge in [-0.15, -0.1) is 0 Å². The summed E-state index contributed by atoms with van der Waals surface area (Å²) in [4.78, 5) is 15.2. The van der Waals surface area contributed by atoms with Crippen molar-refractivity contribution in [3.63, 3.8) is 0 Å². The second-order valence-electron chi connectivity index (χ2n) is 10.9. The predicted molar refractivity (Wildman–Crippen MR) is 157 cm³/mol.